The van der Waals surface area contributed by atoms with Gasteiger partial charge in [0.05, 0.1) is 17.4 Å². The number of primary amides is 1. The Hall–Kier alpha value is -2.74. The Bertz CT molecular complexity index is 761. The number of nitrogens with two attached hydrogens (primary N) is 2. The van der Waals surface area contributed by atoms with Gasteiger partial charge in [-0.05, 0) is 37.5 Å². The molecule has 26 heavy (non-hydrogen) atoms. The molecular formula is C17H23ClN6O2. The number of hydrogen-bond acceptors (Lipinski definition) is 5. The molecular weight excluding hydrogens is 356 g/mol. The third-order valence-corrected chi connectivity index (χ3v) is 4.37. The van der Waals surface area contributed by atoms with Crippen LogP contribution in [-0.4, -0.2) is 45.8 Å². The highest BCUT2D eigenvalue weighted by Crippen LogP contribution is 2.18. The summed E-state index contributed by atoms with van der Waals surface area (Å²) in [5.41, 5.74) is 12.5. The van der Waals surface area contributed by atoms with Gasteiger partial charge in [-0.25, -0.2) is 4.98 Å². The number of halogens is 1. The van der Waals surface area contributed by atoms with Crippen molar-refractivity contribution in [1.29, 1.82) is 0 Å². The largest absolute Gasteiger partial charge is 0.384 e. The van der Waals surface area contributed by atoms with Gasteiger partial charge in [-0.1, -0.05) is 0 Å². The highest BCUT2D eigenvalue weighted by Gasteiger charge is 2.23. The van der Waals surface area contributed by atoms with Gasteiger partial charge in [0.15, 0.2) is 0 Å². The van der Waals surface area contributed by atoms with Gasteiger partial charge >= 0.3 is 0 Å². The molecule has 1 atom stereocenters. The second-order valence-corrected chi connectivity index (χ2v) is 6.20. The van der Waals surface area contributed by atoms with E-state index in [1.165, 1.54) is 12.3 Å². The minimum Gasteiger partial charge on any atom is -0.384 e. The number of amides is 2. The first-order valence-electron chi connectivity index (χ1n) is 8.28. The Balaban J connectivity index is 0.00000243. The molecule has 2 aromatic rings. The van der Waals surface area contributed by atoms with Crippen molar-refractivity contribution in [2.45, 2.75) is 25.3 Å². The quantitative estimate of drug-likeness (QED) is 0.642. The van der Waals surface area contributed by atoms with Crippen LogP contribution in [0.5, 0.6) is 0 Å². The SMILES string of the molecule is Cl.NC(=O)c1c[nH]c(C(=O)N2CCCC(Nc3ccc(N)nc3)CC2)c1. The molecule has 1 aliphatic heterocycles. The Labute approximate surface area is 157 Å². The fraction of sp³-hybridized carbons (Fsp3) is 0.353. The minimum atomic E-state index is -0.549. The van der Waals surface area contributed by atoms with Crippen LogP contribution in [0.2, 0.25) is 0 Å². The van der Waals surface area contributed by atoms with E-state index >= 15 is 0 Å². The highest BCUT2D eigenvalue weighted by atomic mass is 35.5. The van der Waals surface area contributed by atoms with Crippen molar-refractivity contribution >= 4 is 35.7 Å². The molecule has 3 heterocycles. The van der Waals surface area contributed by atoms with E-state index in [1.807, 2.05) is 6.07 Å². The van der Waals surface area contributed by atoms with Crippen molar-refractivity contribution in [3.63, 3.8) is 0 Å². The number of aromatic nitrogens is 2. The van der Waals surface area contributed by atoms with Gasteiger partial charge in [0.25, 0.3) is 5.91 Å². The molecule has 0 bridgehead atoms. The summed E-state index contributed by atoms with van der Waals surface area (Å²) in [4.78, 5) is 32.5. The molecule has 6 N–H and O–H groups in total. The smallest absolute Gasteiger partial charge is 0.270 e. The lowest BCUT2D eigenvalue weighted by molar-refractivity contribution is 0.0756. The Morgan fingerprint density at radius 2 is 2.08 bits per heavy atom. The molecule has 0 spiro atoms. The maximum atomic E-state index is 12.6. The third kappa shape index (κ3) is 4.66. The van der Waals surface area contributed by atoms with E-state index in [-0.39, 0.29) is 24.4 Å². The molecule has 2 aromatic heterocycles. The zero-order valence-electron chi connectivity index (χ0n) is 14.3. The average molecular weight is 379 g/mol. The average Bonchev–Trinajstić information content (AvgIpc) is 2.98. The summed E-state index contributed by atoms with van der Waals surface area (Å²) >= 11 is 0. The fourth-order valence-corrected chi connectivity index (χ4v) is 3.00. The number of carbonyl (C=O) groups is 2. The summed E-state index contributed by atoms with van der Waals surface area (Å²) in [5.74, 6) is -0.167. The maximum absolute atomic E-state index is 12.6. The molecule has 0 radical (unpaired) electrons. The van der Waals surface area contributed by atoms with Crippen LogP contribution in [0.4, 0.5) is 11.5 Å². The number of rotatable bonds is 4. The molecule has 1 aliphatic rings. The van der Waals surface area contributed by atoms with E-state index in [1.54, 1.807) is 17.2 Å². The number of nitrogens with one attached hydrogen (secondary N) is 2. The maximum Gasteiger partial charge on any atom is 0.270 e. The molecule has 8 nitrogen and oxygen atoms in total. The van der Waals surface area contributed by atoms with Crippen LogP contribution in [0.3, 0.4) is 0 Å². The lowest BCUT2D eigenvalue weighted by Gasteiger charge is -2.20. The molecule has 0 aromatic carbocycles. The normalized spacial score (nSPS) is 17.1. The van der Waals surface area contributed by atoms with Crippen molar-refractivity contribution in [3.8, 4) is 0 Å². The van der Waals surface area contributed by atoms with Crippen LogP contribution < -0.4 is 16.8 Å². The number of carbonyl (C=O) groups excluding carboxylic acids is 2. The van der Waals surface area contributed by atoms with Gasteiger partial charge in [0, 0.05) is 25.3 Å². The molecule has 9 heteroatoms. The van der Waals surface area contributed by atoms with Crippen molar-refractivity contribution in [2.75, 3.05) is 24.1 Å². The monoisotopic (exact) mass is 378 g/mol. The summed E-state index contributed by atoms with van der Waals surface area (Å²) in [6.45, 7) is 1.33. The van der Waals surface area contributed by atoms with Crippen molar-refractivity contribution < 1.29 is 9.59 Å². The van der Waals surface area contributed by atoms with Crippen LogP contribution in [0.1, 0.15) is 40.1 Å². The predicted molar refractivity (Wildman–Crippen MR) is 102 cm³/mol. The second-order valence-electron chi connectivity index (χ2n) is 6.20. The number of anilines is 2. The van der Waals surface area contributed by atoms with E-state index in [0.717, 1.165) is 24.9 Å². The van der Waals surface area contributed by atoms with Gasteiger partial charge in [-0.15, -0.1) is 12.4 Å². The molecule has 1 unspecified atom stereocenters. The zero-order valence-corrected chi connectivity index (χ0v) is 15.1. The Morgan fingerprint density at radius 3 is 2.73 bits per heavy atom. The predicted octanol–water partition coefficient (Wildman–Crippen LogP) is 1.62. The van der Waals surface area contributed by atoms with Gasteiger partial charge in [-0.3, -0.25) is 9.59 Å². The van der Waals surface area contributed by atoms with Gasteiger partial charge in [0.2, 0.25) is 5.91 Å². The summed E-state index contributed by atoms with van der Waals surface area (Å²) in [6.07, 6.45) is 5.87. The Morgan fingerprint density at radius 1 is 1.27 bits per heavy atom. The van der Waals surface area contributed by atoms with Crippen LogP contribution in [0.15, 0.2) is 30.6 Å². The molecule has 3 rings (SSSR count). The number of hydrogen-bond donors (Lipinski definition) is 4. The number of pyridine rings is 1. The first-order valence-corrected chi connectivity index (χ1v) is 8.28. The van der Waals surface area contributed by atoms with Crippen molar-refractivity contribution in [2.24, 2.45) is 5.73 Å². The van der Waals surface area contributed by atoms with Crippen molar-refractivity contribution in [3.05, 3.63) is 41.9 Å². The molecule has 2 amide bonds. The van der Waals surface area contributed by atoms with Gasteiger partial charge in [0.1, 0.15) is 11.5 Å². The summed E-state index contributed by atoms with van der Waals surface area (Å²) in [7, 11) is 0. The lowest BCUT2D eigenvalue weighted by atomic mass is 10.1. The van der Waals surface area contributed by atoms with Crippen LogP contribution >= 0.6 is 12.4 Å². The van der Waals surface area contributed by atoms with Crippen LogP contribution in [-0.2, 0) is 0 Å². The minimum absolute atomic E-state index is 0. The second kappa shape index (κ2) is 8.57. The van der Waals surface area contributed by atoms with Gasteiger partial charge in [-0.2, -0.15) is 0 Å². The van der Waals surface area contributed by atoms with E-state index in [4.69, 9.17) is 11.5 Å². The molecule has 1 saturated heterocycles. The number of H-pyrrole nitrogens is 1. The summed E-state index contributed by atoms with van der Waals surface area (Å²) in [6, 6.07) is 5.44. The number of nitrogens with zero attached hydrogens (tertiary/aromatic N) is 2. The topological polar surface area (TPSA) is 130 Å². The van der Waals surface area contributed by atoms with Crippen LogP contribution in [0.25, 0.3) is 0 Å². The summed E-state index contributed by atoms with van der Waals surface area (Å²) < 4.78 is 0. The summed E-state index contributed by atoms with van der Waals surface area (Å²) in [5, 5.41) is 3.44. The number of likely N-dealkylation sites (tertiary alicyclic amines) is 1. The first-order chi connectivity index (χ1) is 12.0. The van der Waals surface area contributed by atoms with E-state index < -0.39 is 5.91 Å². The van der Waals surface area contributed by atoms with Gasteiger partial charge < -0.3 is 26.7 Å². The lowest BCUT2D eigenvalue weighted by Crippen LogP contribution is -2.33. The molecule has 0 aliphatic carbocycles. The Kier molecular flexibility index (Phi) is 6.46. The molecule has 0 saturated carbocycles. The first kappa shape index (κ1) is 19.6. The number of aromatic amines is 1. The number of nitrogen functional groups attached to an aromatic ring is 1. The van der Waals surface area contributed by atoms with Crippen molar-refractivity contribution in [1.82, 2.24) is 14.9 Å². The fourth-order valence-electron chi connectivity index (χ4n) is 3.00. The molecule has 140 valence electrons. The van der Waals surface area contributed by atoms with E-state index in [0.29, 0.717) is 30.2 Å². The molecule has 1 fully saturated rings. The third-order valence-electron chi connectivity index (χ3n) is 4.37. The standard InChI is InChI=1S/C17H22N6O2.ClH/c18-15-4-3-13(10-21-15)22-12-2-1-6-23(7-5-12)17(25)14-8-11(9-20-14)16(19)24;/h3-4,8-10,12,20,22H,1-2,5-7H2,(H2,18,21)(H2,19,24);1H. The highest BCUT2D eigenvalue weighted by molar-refractivity contribution is 5.98. The van der Waals surface area contributed by atoms with Crippen LogP contribution in [0, 0.1) is 0 Å². The zero-order chi connectivity index (χ0) is 17.8. The van der Waals surface area contributed by atoms with E-state index in [9.17, 15) is 9.59 Å². The van der Waals surface area contributed by atoms with E-state index in [2.05, 4.69) is 15.3 Å².